The monoisotopic (exact) mass is 485 g/mol. The second-order valence-electron chi connectivity index (χ2n) is 7.87. The predicted molar refractivity (Wildman–Crippen MR) is 117 cm³/mol. The largest absolute Gasteiger partial charge is 0.573 e. The van der Waals surface area contributed by atoms with Crippen molar-refractivity contribution in [3.8, 4) is 5.75 Å². The summed E-state index contributed by atoms with van der Waals surface area (Å²) in [5.41, 5.74) is 2.70. The van der Waals surface area contributed by atoms with E-state index in [-0.39, 0.29) is 30.4 Å². The molecule has 1 saturated heterocycles. The lowest BCUT2D eigenvalue weighted by atomic mass is 10.1. The topological polar surface area (TPSA) is 79.0 Å². The van der Waals surface area contributed by atoms with Crippen molar-refractivity contribution in [1.82, 2.24) is 9.21 Å². The predicted octanol–water partition coefficient (Wildman–Crippen LogP) is 3.54. The molecule has 0 bridgehead atoms. The minimum absolute atomic E-state index is 0.113. The van der Waals surface area contributed by atoms with Gasteiger partial charge in [0.15, 0.2) is 0 Å². The summed E-state index contributed by atoms with van der Waals surface area (Å²) < 4.78 is 67.9. The first-order valence-electron chi connectivity index (χ1n) is 10.4. The first-order chi connectivity index (χ1) is 15.5. The summed E-state index contributed by atoms with van der Waals surface area (Å²) in [6.45, 7) is 5.28. The van der Waals surface area contributed by atoms with Crippen LogP contribution in [0.1, 0.15) is 17.5 Å². The zero-order valence-corrected chi connectivity index (χ0v) is 19.2. The molecule has 1 aliphatic heterocycles. The maximum absolute atomic E-state index is 12.9. The van der Waals surface area contributed by atoms with Crippen LogP contribution in [-0.4, -0.2) is 62.6 Å². The molecule has 1 heterocycles. The SMILES string of the molecule is Cc1cccc(C)c1NC(=O)CN1CCCN(S(=O)(=O)c2ccc(OC(F)(F)F)cc2)CC1. The molecule has 0 atom stereocenters. The Morgan fingerprint density at radius 3 is 2.24 bits per heavy atom. The zero-order valence-electron chi connectivity index (χ0n) is 18.4. The molecule has 7 nitrogen and oxygen atoms in total. The normalized spacial score (nSPS) is 16.3. The molecule has 180 valence electrons. The molecule has 2 aromatic rings. The van der Waals surface area contributed by atoms with E-state index in [1.54, 1.807) is 0 Å². The molecule has 33 heavy (non-hydrogen) atoms. The fraction of sp³-hybridized carbons (Fsp3) is 0.409. The third-order valence-electron chi connectivity index (χ3n) is 5.36. The molecule has 0 spiro atoms. The van der Waals surface area contributed by atoms with E-state index < -0.39 is 22.1 Å². The van der Waals surface area contributed by atoms with Gasteiger partial charge in [-0.05, 0) is 62.2 Å². The van der Waals surface area contributed by atoms with Gasteiger partial charge in [0.2, 0.25) is 15.9 Å². The van der Waals surface area contributed by atoms with E-state index in [1.807, 2.05) is 36.9 Å². The molecule has 11 heteroatoms. The van der Waals surface area contributed by atoms with E-state index >= 15 is 0 Å². The Hall–Kier alpha value is -2.63. The zero-order chi connectivity index (χ0) is 24.2. The van der Waals surface area contributed by atoms with Gasteiger partial charge in [-0.25, -0.2) is 8.42 Å². The molecule has 1 aliphatic rings. The van der Waals surface area contributed by atoms with Gasteiger partial charge in [-0.3, -0.25) is 9.69 Å². The number of halogens is 3. The van der Waals surface area contributed by atoms with Crippen LogP contribution < -0.4 is 10.1 Å². The van der Waals surface area contributed by atoms with Crippen LogP contribution in [0.4, 0.5) is 18.9 Å². The van der Waals surface area contributed by atoms with Crippen molar-refractivity contribution in [2.75, 3.05) is 38.0 Å². The lowest BCUT2D eigenvalue weighted by Crippen LogP contribution is -2.38. The Morgan fingerprint density at radius 2 is 1.64 bits per heavy atom. The molecule has 1 N–H and O–H groups in total. The molecule has 0 aromatic heterocycles. The van der Waals surface area contributed by atoms with E-state index in [2.05, 4.69) is 10.1 Å². The van der Waals surface area contributed by atoms with Crippen LogP contribution in [0.5, 0.6) is 5.75 Å². The third-order valence-corrected chi connectivity index (χ3v) is 7.27. The molecule has 0 aliphatic carbocycles. The van der Waals surface area contributed by atoms with Crippen molar-refractivity contribution in [1.29, 1.82) is 0 Å². The number of nitrogens with one attached hydrogen (secondary N) is 1. The lowest BCUT2D eigenvalue weighted by molar-refractivity contribution is -0.274. The van der Waals surface area contributed by atoms with Gasteiger partial charge in [-0.15, -0.1) is 13.2 Å². The van der Waals surface area contributed by atoms with Gasteiger partial charge in [-0.2, -0.15) is 4.31 Å². The Bertz CT molecular complexity index is 1070. The number of hydrogen-bond donors (Lipinski definition) is 1. The van der Waals surface area contributed by atoms with Gasteiger partial charge in [-0.1, -0.05) is 18.2 Å². The average Bonchev–Trinajstić information content (AvgIpc) is 2.96. The second kappa shape index (κ2) is 10.1. The van der Waals surface area contributed by atoms with Gasteiger partial charge < -0.3 is 10.1 Å². The summed E-state index contributed by atoms with van der Waals surface area (Å²) >= 11 is 0. The third kappa shape index (κ3) is 6.68. The summed E-state index contributed by atoms with van der Waals surface area (Å²) in [5.74, 6) is -0.664. The molecule has 1 fully saturated rings. The fourth-order valence-corrected chi connectivity index (χ4v) is 5.17. The maximum atomic E-state index is 12.9. The molecule has 3 rings (SSSR count). The summed E-state index contributed by atoms with van der Waals surface area (Å²) in [4.78, 5) is 14.3. The minimum Gasteiger partial charge on any atom is -0.406 e. The van der Waals surface area contributed by atoms with E-state index in [0.29, 0.717) is 19.5 Å². The number of rotatable bonds is 6. The van der Waals surface area contributed by atoms with Crippen molar-refractivity contribution in [2.24, 2.45) is 0 Å². The van der Waals surface area contributed by atoms with Crippen molar-refractivity contribution in [2.45, 2.75) is 31.5 Å². The summed E-state index contributed by atoms with van der Waals surface area (Å²) in [5, 5.41) is 2.93. The number of alkyl halides is 3. The first kappa shape index (κ1) is 25.0. The maximum Gasteiger partial charge on any atom is 0.573 e. The number of hydrogen-bond acceptors (Lipinski definition) is 5. The Kier molecular flexibility index (Phi) is 7.65. The number of nitrogens with zero attached hydrogens (tertiary/aromatic N) is 2. The molecular formula is C22H26F3N3O4S. The number of sulfonamides is 1. The quantitative estimate of drug-likeness (QED) is 0.677. The van der Waals surface area contributed by atoms with Crippen LogP contribution in [0.15, 0.2) is 47.4 Å². The number of carbonyl (C=O) groups is 1. The highest BCUT2D eigenvalue weighted by Crippen LogP contribution is 2.25. The van der Waals surface area contributed by atoms with Crippen LogP contribution in [0.25, 0.3) is 0 Å². The number of para-hydroxylation sites is 1. The van der Waals surface area contributed by atoms with Crippen LogP contribution in [0, 0.1) is 13.8 Å². The van der Waals surface area contributed by atoms with Gasteiger partial charge in [0.25, 0.3) is 0 Å². The fourth-order valence-electron chi connectivity index (χ4n) is 3.70. The van der Waals surface area contributed by atoms with Gasteiger partial charge in [0.05, 0.1) is 11.4 Å². The van der Waals surface area contributed by atoms with E-state index in [9.17, 15) is 26.4 Å². The lowest BCUT2D eigenvalue weighted by Gasteiger charge is -2.22. The molecule has 0 radical (unpaired) electrons. The number of amides is 1. The first-order valence-corrected chi connectivity index (χ1v) is 11.8. The number of aryl methyl sites for hydroxylation is 2. The highest BCUT2D eigenvalue weighted by molar-refractivity contribution is 7.89. The minimum atomic E-state index is -4.85. The summed E-state index contributed by atoms with van der Waals surface area (Å²) in [6, 6.07) is 9.89. The summed E-state index contributed by atoms with van der Waals surface area (Å²) in [7, 11) is -3.89. The van der Waals surface area contributed by atoms with Gasteiger partial charge >= 0.3 is 6.36 Å². The van der Waals surface area contributed by atoms with E-state index in [4.69, 9.17) is 0 Å². The van der Waals surface area contributed by atoms with Gasteiger partial charge in [0.1, 0.15) is 5.75 Å². The number of anilines is 1. The number of ether oxygens (including phenoxy) is 1. The molecule has 1 amide bonds. The Labute approximate surface area is 191 Å². The Morgan fingerprint density at radius 1 is 1.00 bits per heavy atom. The highest BCUT2D eigenvalue weighted by Gasteiger charge is 2.32. The van der Waals surface area contributed by atoms with Crippen LogP contribution in [-0.2, 0) is 14.8 Å². The van der Waals surface area contributed by atoms with Crippen LogP contribution in [0.3, 0.4) is 0 Å². The molecule has 2 aromatic carbocycles. The summed E-state index contributed by atoms with van der Waals surface area (Å²) in [6.07, 6.45) is -4.33. The second-order valence-corrected chi connectivity index (χ2v) is 9.81. The standard InChI is InChI=1S/C22H26F3N3O4S/c1-16-5-3-6-17(2)21(16)26-20(29)15-27-11-4-12-28(14-13-27)33(30,31)19-9-7-18(8-10-19)32-22(23,24)25/h3,5-10H,4,11-15H2,1-2H3,(H,26,29). The average molecular weight is 486 g/mol. The number of benzene rings is 2. The molecular weight excluding hydrogens is 459 g/mol. The smallest absolute Gasteiger partial charge is 0.406 e. The van der Waals surface area contributed by atoms with Crippen molar-refractivity contribution in [3.05, 3.63) is 53.6 Å². The van der Waals surface area contributed by atoms with Gasteiger partial charge in [0, 0.05) is 25.3 Å². The molecule has 0 saturated carbocycles. The van der Waals surface area contributed by atoms with Crippen molar-refractivity contribution < 1.29 is 31.1 Å². The highest BCUT2D eigenvalue weighted by atomic mass is 32.2. The number of carbonyl (C=O) groups excluding carboxylic acids is 1. The van der Waals surface area contributed by atoms with Crippen molar-refractivity contribution >= 4 is 21.6 Å². The van der Waals surface area contributed by atoms with E-state index in [1.165, 1.54) is 4.31 Å². The van der Waals surface area contributed by atoms with Crippen LogP contribution >= 0.6 is 0 Å². The molecule has 0 unspecified atom stereocenters. The van der Waals surface area contributed by atoms with Crippen molar-refractivity contribution in [3.63, 3.8) is 0 Å². The Balaban J connectivity index is 1.60. The van der Waals surface area contributed by atoms with E-state index in [0.717, 1.165) is 41.1 Å². The van der Waals surface area contributed by atoms with Crippen LogP contribution in [0.2, 0.25) is 0 Å².